The van der Waals surface area contributed by atoms with Crippen molar-refractivity contribution in [3.63, 3.8) is 0 Å². The molecule has 1 aromatic rings. The molecule has 1 rings (SSSR count). The maximum Gasteiger partial charge on any atom is 0.252 e. The monoisotopic (exact) mass is 336 g/mol. The Morgan fingerprint density at radius 2 is 1.74 bits per heavy atom. The van der Waals surface area contributed by atoms with Crippen molar-refractivity contribution in [3.05, 3.63) is 29.8 Å². The van der Waals surface area contributed by atoms with E-state index < -0.39 is 5.41 Å². The second-order valence-corrected chi connectivity index (χ2v) is 7.56. The largest absolute Gasteiger partial charge is 0.352 e. The molecule has 0 aliphatic heterocycles. The average Bonchev–Trinajstić information content (AvgIpc) is 2.43. The lowest BCUT2D eigenvalue weighted by atomic mass is 10.00. The van der Waals surface area contributed by atoms with Gasteiger partial charge in [0, 0.05) is 16.4 Å². The van der Waals surface area contributed by atoms with Crippen LogP contribution in [0.3, 0.4) is 0 Å². The molecular weight excluding hydrogens is 312 g/mol. The van der Waals surface area contributed by atoms with E-state index in [1.165, 1.54) is 0 Å². The third kappa shape index (κ3) is 6.44. The first-order valence-corrected chi connectivity index (χ1v) is 8.31. The number of thioether (sulfide) groups is 1. The summed E-state index contributed by atoms with van der Waals surface area (Å²) in [7, 11) is 0. The number of benzene rings is 1. The second-order valence-electron chi connectivity index (χ2n) is 6.54. The first kappa shape index (κ1) is 19.2. The maximum absolute atomic E-state index is 12.3. The Balaban J connectivity index is 2.78. The van der Waals surface area contributed by atoms with Crippen LogP contribution < -0.4 is 10.6 Å². The molecule has 126 valence electrons. The molecule has 0 fully saturated rings. The van der Waals surface area contributed by atoms with Gasteiger partial charge in [0.2, 0.25) is 5.91 Å². The van der Waals surface area contributed by atoms with E-state index in [0.29, 0.717) is 10.5 Å². The number of rotatable bonds is 5. The zero-order valence-electron chi connectivity index (χ0n) is 14.2. The van der Waals surface area contributed by atoms with Crippen LogP contribution in [-0.2, 0) is 9.59 Å². The van der Waals surface area contributed by atoms with Gasteiger partial charge in [-0.2, -0.15) is 0 Å². The van der Waals surface area contributed by atoms with Gasteiger partial charge < -0.3 is 10.6 Å². The van der Waals surface area contributed by atoms with Crippen LogP contribution in [0, 0.1) is 5.41 Å². The number of amides is 2. The Kier molecular flexibility index (Phi) is 6.81. The van der Waals surface area contributed by atoms with Crippen molar-refractivity contribution in [2.24, 2.45) is 5.41 Å². The SMILES string of the molecule is CC(C)NC(=O)CNC(=O)c1ccccc1SC(=O)C(C)(C)C. The smallest absolute Gasteiger partial charge is 0.252 e. The quantitative estimate of drug-likeness (QED) is 0.811. The molecular formula is C17H24N2O3S. The lowest BCUT2D eigenvalue weighted by molar-refractivity contribution is -0.120. The van der Waals surface area contributed by atoms with Crippen molar-refractivity contribution in [1.82, 2.24) is 10.6 Å². The first-order chi connectivity index (χ1) is 10.6. The normalized spacial score (nSPS) is 11.2. The highest BCUT2D eigenvalue weighted by Crippen LogP contribution is 2.31. The summed E-state index contributed by atoms with van der Waals surface area (Å²) in [4.78, 5) is 36.6. The summed E-state index contributed by atoms with van der Waals surface area (Å²) in [5.74, 6) is -0.613. The molecule has 5 nitrogen and oxygen atoms in total. The van der Waals surface area contributed by atoms with Crippen molar-refractivity contribution in [2.45, 2.75) is 45.6 Å². The summed E-state index contributed by atoms with van der Waals surface area (Å²) in [6.07, 6.45) is 0. The summed E-state index contributed by atoms with van der Waals surface area (Å²) >= 11 is 1.05. The summed E-state index contributed by atoms with van der Waals surface area (Å²) in [6.45, 7) is 9.11. The van der Waals surface area contributed by atoms with Crippen LogP contribution in [0.15, 0.2) is 29.2 Å². The fourth-order valence-electron chi connectivity index (χ4n) is 1.62. The lowest BCUT2D eigenvalue weighted by Gasteiger charge is -2.17. The van der Waals surface area contributed by atoms with Crippen molar-refractivity contribution < 1.29 is 14.4 Å². The average molecular weight is 336 g/mol. The minimum atomic E-state index is -0.495. The van der Waals surface area contributed by atoms with Crippen LogP contribution in [-0.4, -0.2) is 29.5 Å². The molecule has 2 N–H and O–H groups in total. The molecule has 0 saturated carbocycles. The fourth-order valence-corrected chi connectivity index (χ4v) is 2.55. The first-order valence-electron chi connectivity index (χ1n) is 7.50. The fraction of sp³-hybridized carbons (Fsp3) is 0.471. The Morgan fingerprint density at radius 1 is 1.13 bits per heavy atom. The molecule has 0 aromatic heterocycles. The Morgan fingerprint density at radius 3 is 2.30 bits per heavy atom. The third-order valence-corrected chi connectivity index (χ3v) is 4.18. The van der Waals surface area contributed by atoms with Gasteiger partial charge in [-0.25, -0.2) is 0 Å². The number of carbonyl (C=O) groups excluding carboxylic acids is 3. The predicted molar refractivity (Wildman–Crippen MR) is 92.4 cm³/mol. The molecule has 0 aliphatic carbocycles. The Bertz CT molecular complexity index is 592. The summed E-state index contributed by atoms with van der Waals surface area (Å²) in [6, 6.07) is 6.91. The number of carbonyl (C=O) groups is 3. The summed E-state index contributed by atoms with van der Waals surface area (Å²) in [5.41, 5.74) is -0.0989. The van der Waals surface area contributed by atoms with Crippen LogP contribution in [0.25, 0.3) is 0 Å². The van der Waals surface area contributed by atoms with Gasteiger partial charge in [-0.15, -0.1) is 0 Å². The second kappa shape index (κ2) is 8.15. The van der Waals surface area contributed by atoms with E-state index in [1.807, 2.05) is 34.6 Å². The van der Waals surface area contributed by atoms with E-state index in [0.717, 1.165) is 11.8 Å². The predicted octanol–water partition coefficient (Wildman–Crippen LogP) is 2.61. The molecule has 0 spiro atoms. The van der Waals surface area contributed by atoms with Gasteiger partial charge in [-0.1, -0.05) is 44.7 Å². The van der Waals surface area contributed by atoms with E-state index in [1.54, 1.807) is 24.3 Å². The van der Waals surface area contributed by atoms with Crippen molar-refractivity contribution in [1.29, 1.82) is 0 Å². The van der Waals surface area contributed by atoms with Gasteiger partial charge in [0.1, 0.15) is 0 Å². The minimum absolute atomic E-state index is 0.0182. The topological polar surface area (TPSA) is 75.3 Å². The van der Waals surface area contributed by atoms with Gasteiger partial charge in [0.15, 0.2) is 5.12 Å². The van der Waals surface area contributed by atoms with Gasteiger partial charge in [0.25, 0.3) is 5.91 Å². The number of nitrogens with one attached hydrogen (secondary N) is 2. The summed E-state index contributed by atoms with van der Waals surface area (Å²) in [5, 5.41) is 5.27. The molecule has 0 unspecified atom stereocenters. The molecule has 0 atom stereocenters. The van der Waals surface area contributed by atoms with Gasteiger partial charge in [-0.3, -0.25) is 14.4 Å². The van der Waals surface area contributed by atoms with Crippen molar-refractivity contribution >= 4 is 28.7 Å². The third-order valence-electron chi connectivity index (χ3n) is 2.81. The maximum atomic E-state index is 12.3. The highest BCUT2D eigenvalue weighted by atomic mass is 32.2. The van der Waals surface area contributed by atoms with Crippen LogP contribution in [0.5, 0.6) is 0 Å². The van der Waals surface area contributed by atoms with E-state index in [9.17, 15) is 14.4 Å². The zero-order chi connectivity index (χ0) is 17.6. The Labute approximate surface area is 141 Å². The standard InChI is InChI=1S/C17H24N2O3S/c1-11(2)19-14(20)10-18-15(21)12-8-6-7-9-13(12)23-16(22)17(3,4)5/h6-9,11H,10H2,1-5H3,(H,18,21)(H,19,20). The molecule has 6 heteroatoms. The van der Waals surface area contributed by atoms with Crippen molar-refractivity contribution in [2.75, 3.05) is 6.54 Å². The highest BCUT2D eigenvalue weighted by molar-refractivity contribution is 8.13. The molecule has 0 radical (unpaired) electrons. The molecule has 0 aliphatic rings. The number of hydrogen-bond donors (Lipinski definition) is 2. The number of hydrogen-bond acceptors (Lipinski definition) is 4. The lowest BCUT2D eigenvalue weighted by Crippen LogP contribution is -2.39. The highest BCUT2D eigenvalue weighted by Gasteiger charge is 2.24. The Hall–Kier alpha value is -1.82. The van der Waals surface area contributed by atoms with Gasteiger partial charge in [0.05, 0.1) is 12.1 Å². The van der Waals surface area contributed by atoms with Crippen molar-refractivity contribution in [3.8, 4) is 0 Å². The van der Waals surface area contributed by atoms with Crippen LogP contribution in [0.1, 0.15) is 45.0 Å². The van der Waals surface area contributed by atoms with E-state index in [4.69, 9.17) is 0 Å². The molecule has 0 saturated heterocycles. The van der Waals surface area contributed by atoms with Crippen LogP contribution in [0.2, 0.25) is 0 Å². The molecule has 0 bridgehead atoms. The van der Waals surface area contributed by atoms with Crippen LogP contribution in [0.4, 0.5) is 0 Å². The molecule has 1 aromatic carbocycles. The van der Waals surface area contributed by atoms with E-state index in [2.05, 4.69) is 10.6 Å². The van der Waals surface area contributed by atoms with E-state index >= 15 is 0 Å². The molecule has 0 heterocycles. The summed E-state index contributed by atoms with van der Waals surface area (Å²) < 4.78 is 0. The minimum Gasteiger partial charge on any atom is -0.352 e. The van der Waals surface area contributed by atoms with Gasteiger partial charge in [-0.05, 0) is 26.0 Å². The van der Waals surface area contributed by atoms with E-state index in [-0.39, 0.29) is 29.5 Å². The van der Waals surface area contributed by atoms with Crippen LogP contribution >= 0.6 is 11.8 Å². The molecule has 23 heavy (non-hydrogen) atoms. The van der Waals surface area contributed by atoms with Gasteiger partial charge >= 0.3 is 0 Å². The zero-order valence-corrected chi connectivity index (χ0v) is 15.0. The molecule has 2 amide bonds.